The molecule has 0 saturated carbocycles. The average Bonchev–Trinajstić information content (AvgIpc) is 2.89. The summed E-state index contributed by atoms with van der Waals surface area (Å²) < 4.78 is 49.7. The van der Waals surface area contributed by atoms with Crippen LogP contribution in [0.15, 0.2) is 42.6 Å². The number of halogens is 3. The lowest BCUT2D eigenvalue weighted by molar-refractivity contribution is -0.361. The molecule has 2 aromatic rings. The highest BCUT2D eigenvalue weighted by molar-refractivity contribution is 5.84. The Kier molecular flexibility index (Phi) is 8.13. The molecule has 178 valence electrons. The number of nitrogens with one attached hydrogen (secondary N) is 2. The fraction of sp³-hybridized carbons (Fsp3) is 0.435. The molecule has 3 rings (SSSR count). The molecule has 0 fully saturated rings. The third-order valence-electron chi connectivity index (χ3n) is 5.29. The SMILES string of the molecule is COC(=O)CC1Cc2ccc(OCCCNc3cccc[nH+]3)cc2CN(CC(F)(F)F)C1=O. The molecule has 1 aromatic carbocycles. The number of alkyl halides is 3. The molecule has 0 saturated heterocycles. The zero-order valence-corrected chi connectivity index (χ0v) is 18.3. The van der Waals surface area contributed by atoms with E-state index in [0.29, 0.717) is 30.9 Å². The lowest BCUT2D eigenvalue weighted by Gasteiger charge is -2.25. The fourth-order valence-corrected chi connectivity index (χ4v) is 3.72. The van der Waals surface area contributed by atoms with Gasteiger partial charge >= 0.3 is 12.1 Å². The lowest BCUT2D eigenvalue weighted by atomic mass is 9.94. The van der Waals surface area contributed by atoms with Crippen molar-refractivity contribution in [2.24, 2.45) is 5.92 Å². The first-order chi connectivity index (χ1) is 15.7. The van der Waals surface area contributed by atoms with E-state index in [1.54, 1.807) is 18.2 Å². The molecule has 7 nitrogen and oxygen atoms in total. The van der Waals surface area contributed by atoms with Gasteiger partial charge in [-0.1, -0.05) is 12.1 Å². The highest BCUT2D eigenvalue weighted by atomic mass is 19.4. The van der Waals surface area contributed by atoms with Crippen molar-refractivity contribution in [1.82, 2.24) is 4.90 Å². The number of amides is 1. The number of rotatable bonds is 9. The van der Waals surface area contributed by atoms with Gasteiger partial charge in [-0.05, 0) is 35.7 Å². The molecule has 33 heavy (non-hydrogen) atoms. The van der Waals surface area contributed by atoms with Gasteiger partial charge in [-0.15, -0.1) is 0 Å². The van der Waals surface area contributed by atoms with Gasteiger partial charge < -0.3 is 14.4 Å². The second-order valence-corrected chi connectivity index (χ2v) is 7.83. The second-order valence-electron chi connectivity index (χ2n) is 7.83. The molecule has 2 N–H and O–H groups in total. The van der Waals surface area contributed by atoms with Gasteiger partial charge in [0.15, 0.2) is 0 Å². The molecule has 2 heterocycles. The Morgan fingerprint density at radius 3 is 2.76 bits per heavy atom. The third kappa shape index (κ3) is 7.37. The first kappa shape index (κ1) is 24.3. The van der Waals surface area contributed by atoms with Crippen LogP contribution in [0, 0.1) is 5.92 Å². The van der Waals surface area contributed by atoms with Crippen molar-refractivity contribution in [3.05, 3.63) is 53.7 Å². The van der Waals surface area contributed by atoms with Gasteiger partial charge in [0.1, 0.15) is 12.3 Å². The minimum absolute atomic E-state index is 0.162. The number of fused-ring (bicyclic) bond motifs is 1. The number of methoxy groups -OCH3 is 1. The predicted molar refractivity (Wildman–Crippen MR) is 113 cm³/mol. The first-order valence-electron chi connectivity index (χ1n) is 10.6. The molecule has 1 atom stereocenters. The van der Waals surface area contributed by atoms with Crippen LogP contribution in [0.5, 0.6) is 5.75 Å². The van der Waals surface area contributed by atoms with Crippen molar-refractivity contribution in [1.29, 1.82) is 0 Å². The van der Waals surface area contributed by atoms with Crippen molar-refractivity contribution in [3.8, 4) is 5.75 Å². The fourth-order valence-electron chi connectivity index (χ4n) is 3.72. The Labute approximate surface area is 189 Å². The lowest BCUT2D eigenvalue weighted by Crippen LogP contribution is -2.41. The van der Waals surface area contributed by atoms with Crippen LogP contribution in [0.1, 0.15) is 24.0 Å². The van der Waals surface area contributed by atoms with E-state index in [0.717, 1.165) is 16.3 Å². The highest BCUT2D eigenvalue weighted by Crippen LogP contribution is 2.30. The molecule has 0 aliphatic carbocycles. The zero-order chi connectivity index (χ0) is 23.8. The number of ether oxygens (including phenoxy) is 2. The predicted octanol–water partition coefficient (Wildman–Crippen LogP) is 3.01. The minimum atomic E-state index is -4.55. The molecule has 10 heteroatoms. The summed E-state index contributed by atoms with van der Waals surface area (Å²) in [5, 5.41) is 3.22. The van der Waals surface area contributed by atoms with Gasteiger partial charge in [0.05, 0.1) is 38.8 Å². The van der Waals surface area contributed by atoms with Crippen LogP contribution in [0.2, 0.25) is 0 Å². The molecule has 1 aliphatic rings. The van der Waals surface area contributed by atoms with Gasteiger partial charge in [0.2, 0.25) is 5.91 Å². The van der Waals surface area contributed by atoms with Crippen molar-refractivity contribution in [3.63, 3.8) is 0 Å². The van der Waals surface area contributed by atoms with Crippen LogP contribution >= 0.6 is 0 Å². The number of H-pyrrole nitrogens is 1. The number of esters is 1. The number of hydrogen-bond acceptors (Lipinski definition) is 5. The van der Waals surface area contributed by atoms with Crippen LogP contribution in [0.25, 0.3) is 0 Å². The Morgan fingerprint density at radius 2 is 2.06 bits per heavy atom. The van der Waals surface area contributed by atoms with Gasteiger partial charge in [-0.2, -0.15) is 13.2 Å². The number of pyridine rings is 1. The maximum Gasteiger partial charge on any atom is 0.406 e. The number of carbonyl (C=O) groups excluding carboxylic acids is 2. The molecular weight excluding hydrogens is 439 g/mol. The molecule has 0 radical (unpaired) electrons. The molecule has 1 aromatic heterocycles. The number of benzene rings is 1. The van der Waals surface area contributed by atoms with Crippen molar-refractivity contribution < 1.29 is 37.2 Å². The Morgan fingerprint density at radius 1 is 1.24 bits per heavy atom. The van der Waals surface area contributed by atoms with Gasteiger partial charge in [0.25, 0.3) is 5.82 Å². The third-order valence-corrected chi connectivity index (χ3v) is 5.29. The van der Waals surface area contributed by atoms with Gasteiger partial charge in [0, 0.05) is 19.0 Å². The van der Waals surface area contributed by atoms with E-state index < -0.39 is 30.5 Å². The maximum atomic E-state index is 13.1. The van der Waals surface area contributed by atoms with Crippen molar-refractivity contribution in [2.75, 3.05) is 32.1 Å². The summed E-state index contributed by atoms with van der Waals surface area (Å²) in [7, 11) is 1.18. The molecule has 0 bridgehead atoms. The summed E-state index contributed by atoms with van der Waals surface area (Å²) in [6, 6.07) is 10.9. The molecule has 1 unspecified atom stereocenters. The molecule has 1 aliphatic heterocycles. The molecule has 0 spiro atoms. The standard InChI is InChI=1S/C23H26F3N3O4/c1-32-21(30)13-17-11-16-6-7-19(33-10-4-9-28-20-5-2-3-8-27-20)12-18(16)14-29(22(17)31)15-23(24,25)26/h2-3,5-8,12,17H,4,9-11,13-15H2,1H3,(H,27,28)/p+1. The smallest absolute Gasteiger partial charge is 0.406 e. The molecule has 1 amide bonds. The monoisotopic (exact) mass is 466 g/mol. The summed E-state index contributed by atoms with van der Waals surface area (Å²) >= 11 is 0. The average molecular weight is 466 g/mol. The summed E-state index contributed by atoms with van der Waals surface area (Å²) in [4.78, 5) is 28.3. The maximum absolute atomic E-state index is 13.1. The number of aromatic amines is 1. The summed E-state index contributed by atoms with van der Waals surface area (Å²) in [6.45, 7) is -0.493. The van der Waals surface area contributed by atoms with E-state index in [4.69, 9.17) is 4.74 Å². The molecular formula is C23H27F3N3O4+. The van der Waals surface area contributed by atoms with Crippen LogP contribution < -0.4 is 15.0 Å². The summed E-state index contributed by atoms with van der Waals surface area (Å²) in [5.74, 6) is -0.844. The minimum Gasteiger partial charge on any atom is -0.493 e. The van der Waals surface area contributed by atoms with Crippen LogP contribution in [0.4, 0.5) is 19.0 Å². The Bertz CT molecular complexity index is 954. The van der Waals surface area contributed by atoms with E-state index in [9.17, 15) is 22.8 Å². The van der Waals surface area contributed by atoms with Gasteiger partial charge in [-0.3, -0.25) is 14.9 Å². The number of anilines is 1. The quantitative estimate of drug-likeness (QED) is 0.454. The van der Waals surface area contributed by atoms with Crippen molar-refractivity contribution in [2.45, 2.75) is 32.0 Å². The van der Waals surface area contributed by atoms with E-state index in [1.165, 1.54) is 7.11 Å². The second kappa shape index (κ2) is 11.0. The van der Waals surface area contributed by atoms with E-state index in [2.05, 4.69) is 15.0 Å². The normalized spacial score (nSPS) is 16.1. The zero-order valence-electron chi connectivity index (χ0n) is 18.3. The topological polar surface area (TPSA) is 82.0 Å². The summed E-state index contributed by atoms with van der Waals surface area (Å²) in [6.07, 6.45) is -2.13. The van der Waals surface area contributed by atoms with E-state index in [-0.39, 0.29) is 19.4 Å². The number of carbonyl (C=O) groups is 2. The first-order valence-corrected chi connectivity index (χ1v) is 10.6. The van der Waals surface area contributed by atoms with E-state index in [1.807, 2.05) is 24.4 Å². The summed E-state index contributed by atoms with van der Waals surface area (Å²) in [5.41, 5.74) is 1.30. The van der Waals surface area contributed by atoms with Gasteiger partial charge in [-0.25, -0.2) is 4.98 Å². The highest BCUT2D eigenvalue weighted by Gasteiger charge is 2.38. The van der Waals surface area contributed by atoms with Crippen LogP contribution in [-0.4, -0.2) is 49.8 Å². The van der Waals surface area contributed by atoms with Crippen molar-refractivity contribution >= 4 is 17.7 Å². The number of aromatic nitrogens is 1. The Balaban J connectivity index is 1.66. The van der Waals surface area contributed by atoms with Crippen LogP contribution in [0.3, 0.4) is 0 Å². The van der Waals surface area contributed by atoms with E-state index >= 15 is 0 Å². The number of nitrogens with zero attached hydrogens (tertiary/aromatic N) is 1. The Hall–Kier alpha value is -3.30. The number of hydrogen-bond donors (Lipinski definition) is 1. The largest absolute Gasteiger partial charge is 0.493 e. The van der Waals surface area contributed by atoms with Crippen LogP contribution in [-0.2, 0) is 27.3 Å².